The van der Waals surface area contributed by atoms with Crippen molar-refractivity contribution in [2.75, 3.05) is 0 Å². The lowest BCUT2D eigenvalue weighted by Crippen LogP contribution is -2.33. The van der Waals surface area contributed by atoms with Crippen LogP contribution < -0.4 is 4.74 Å². The number of hydrogen-bond acceptors (Lipinski definition) is 3. The van der Waals surface area contributed by atoms with Crippen molar-refractivity contribution in [1.29, 1.82) is 0 Å². The minimum Gasteiger partial charge on any atom is -0.464 e. The molecule has 0 aliphatic carbocycles. The second kappa shape index (κ2) is 6.59. The molecule has 5 rings (SSSR count). The summed E-state index contributed by atoms with van der Waals surface area (Å²) in [7, 11) is 0. The third-order valence-electron chi connectivity index (χ3n) is 5.03. The number of fused-ring (bicyclic) bond motifs is 3. The van der Waals surface area contributed by atoms with Crippen molar-refractivity contribution in [3.63, 3.8) is 0 Å². The Morgan fingerprint density at radius 2 is 1.52 bits per heavy atom. The van der Waals surface area contributed by atoms with Crippen molar-refractivity contribution in [2.45, 2.75) is 18.7 Å². The molecule has 27 heavy (non-hydrogen) atoms. The van der Waals surface area contributed by atoms with E-state index in [-0.39, 0.29) is 12.3 Å². The molecule has 0 bridgehead atoms. The van der Waals surface area contributed by atoms with Crippen LogP contribution in [0.25, 0.3) is 0 Å². The van der Waals surface area contributed by atoms with Crippen LogP contribution in [0.3, 0.4) is 0 Å². The van der Waals surface area contributed by atoms with Crippen molar-refractivity contribution in [2.24, 2.45) is 5.10 Å². The number of nitrogens with zero attached hydrogens (tertiary/aromatic N) is 2. The summed E-state index contributed by atoms with van der Waals surface area (Å²) in [5.74, 6) is 0.909. The summed E-state index contributed by atoms with van der Waals surface area (Å²) in [5, 5.41) is 8.43. The Morgan fingerprint density at radius 3 is 2.26 bits per heavy atom. The van der Waals surface area contributed by atoms with Gasteiger partial charge in [0.05, 0.1) is 11.8 Å². The molecule has 2 atom stereocenters. The maximum absolute atomic E-state index is 6.33. The van der Waals surface area contributed by atoms with Crippen molar-refractivity contribution in [1.82, 2.24) is 5.01 Å². The fraction of sp³-hybridized carbons (Fsp3) is 0.136. The molecule has 0 saturated carbocycles. The number of para-hydroxylation sites is 1. The van der Waals surface area contributed by atoms with Crippen molar-refractivity contribution in [3.05, 3.63) is 99.5 Å². The second-order valence-corrected chi connectivity index (χ2v) is 7.59. The molecule has 0 N–H and O–H groups in total. The Hall–Kier alpha value is -2.49. The standard InChI is InChI=1S/C22H16Cl2N2O/c23-16-9-5-14(6-10-16)19-13-20-18-3-1-2-4-21(18)27-22(26(20)25-19)15-7-11-17(24)12-8-15/h1-12,20,22H,13H2/t20-,22+/m1/s1. The molecule has 3 aromatic rings. The van der Waals surface area contributed by atoms with E-state index in [9.17, 15) is 0 Å². The van der Waals surface area contributed by atoms with Gasteiger partial charge in [-0.1, -0.05) is 65.7 Å². The highest BCUT2D eigenvalue weighted by molar-refractivity contribution is 6.30. The molecule has 0 unspecified atom stereocenters. The Bertz CT molecular complexity index is 1020. The number of halogens is 2. The van der Waals surface area contributed by atoms with Gasteiger partial charge in [0, 0.05) is 27.6 Å². The Kier molecular flexibility index (Phi) is 4.07. The van der Waals surface area contributed by atoms with Gasteiger partial charge >= 0.3 is 0 Å². The first-order chi connectivity index (χ1) is 13.2. The lowest BCUT2D eigenvalue weighted by Gasteiger charge is -2.38. The molecule has 3 aromatic carbocycles. The summed E-state index contributed by atoms with van der Waals surface area (Å²) in [6.07, 6.45) is 0.540. The largest absolute Gasteiger partial charge is 0.464 e. The number of hydrogen-bond donors (Lipinski definition) is 0. The number of rotatable bonds is 2. The third-order valence-corrected chi connectivity index (χ3v) is 5.54. The molecule has 5 heteroatoms. The van der Waals surface area contributed by atoms with Crippen molar-refractivity contribution >= 4 is 28.9 Å². The van der Waals surface area contributed by atoms with Gasteiger partial charge < -0.3 is 4.74 Å². The molecule has 3 nitrogen and oxygen atoms in total. The summed E-state index contributed by atoms with van der Waals surface area (Å²) in [5.41, 5.74) is 4.31. The zero-order chi connectivity index (χ0) is 18.4. The summed E-state index contributed by atoms with van der Waals surface area (Å²) in [6, 6.07) is 23.9. The predicted octanol–water partition coefficient (Wildman–Crippen LogP) is 6.24. The summed E-state index contributed by atoms with van der Waals surface area (Å²) < 4.78 is 6.33. The van der Waals surface area contributed by atoms with E-state index >= 15 is 0 Å². The minimum atomic E-state index is -0.285. The first-order valence-corrected chi connectivity index (χ1v) is 9.57. The molecule has 134 valence electrons. The summed E-state index contributed by atoms with van der Waals surface area (Å²) in [6.45, 7) is 0. The molecule has 2 aliphatic heterocycles. The smallest absolute Gasteiger partial charge is 0.213 e. The van der Waals surface area contributed by atoms with Crippen LogP contribution in [0.2, 0.25) is 10.0 Å². The quantitative estimate of drug-likeness (QED) is 0.513. The maximum Gasteiger partial charge on any atom is 0.213 e. The van der Waals surface area contributed by atoms with E-state index in [1.807, 2.05) is 66.7 Å². The van der Waals surface area contributed by atoms with Gasteiger partial charge in [-0.3, -0.25) is 0 Å². The molecule has 2 heterocycles. The number of hydrazone groups is 1. The minimum absolute atomic E-state index is 0.140. The molecule has 0 fully saturated rings. The molecule has 2 aliphatic rings. The van der Waals surface area contributed by atoms with Crippen LogP contribution in [-0.2, 0) is 0 Å². The van der Waals surface area contributed by atoms with Crippen LogP contribution >= 0.6 is 23.2 Å². The second-order valence-electron chi connectivity index (χ2n) is 6.71. The first-order valence-electron chi connectivity index (χ1n) is 8.82. The number of ether oxygens (including phenoxy) is 1. The topological polar surface area (TPSA) is 24.8 Å². The van der Waals surface area contributed by atoms with E-state index in [0.717, 1.165) is 39.6 Å². The van der Waals surface area contributed by atoms with E-state index in [2.05, 4.69) is 11.1 Å². The SMILES string of the molecule is Clc1ccc(C2=NN3[C@H](C2)c2ccccc2O[C@H]3c2ccc(Cl)cc2)cc1. The average molecular weight is 395 g/mol. The maximum atomic E-state index is 6.33. The van der Waals surface area contributed by atoms with Crippen LogP contribution in [0.1, 0.15) is 35.4 Å². The van der Waals surface area contributed by atoms with E-state index in [4.69, 9.17) is 33.0 Å². The van der Waals surface area contributed by atoms with Gasteiger partial charge in [-0.25, -0.2) is 5.01 Å². The van der Waals surface area contributed by atoms with E-state index in [1.54, 1.807) is 0 Å². The Balaban J connectivity index is 1.58. The highest BCUT2D eigenvalue weighted by Crippen LogP contribution is 2.47. The van der Waals surface area contributed by atoms with Gasteiger partial charge in [0.15, 0.2) is 0 Å². The fourth-order valence-electron chi connectivity index (χ4n) is 3.70. The van der Waals surface area contributed by atoms with Gasteiger partial charge in [-0.15, -0.1) is 0 Å². The highest BCUT2D eigenvalue weighted by atomic mass is 35.5. The summed E-state index contributed by atoms with van der Waals surface area (Å²) >= 11 is 12.1. The molecular formula is C22H16Cl2N2O. The van der Waals surface area contributed by atoms with Crippen LogP contribution in [0.15, 0.2) is 77.9 Å². The average Bonchev–Trinajstić information content (AvgIpc) is 3.14. The van der Waals surface area contributed by atoms with E-state index < -0.39 is 0 Å². The van der Waals surface area contributed by atoms with Gasteiger partial charge in [0.25, 0.3) is 0 Å². The fourth-order valence-corrected chi connectivity index (χ4v) is 3.95. The van der Waals surface area contributed by atoms with Gasteiger partial charge in [0.2, 0.25) is 6.23 Å². The molecule has 0 amide bonds. The molecule has 0 radical (unpaired) electrons. The van der Waals surface area contributed by atoms with Gasteiger partial charge in [-0.2, -0.15) is 5.10 Å². The van der Waals surface area contributed by atoms with E-state index in [1.165, 1.54) is 0 Å². The van der Waals surface area contributed by atoms with Gasteiger partial charge in [-0.05, 0) is 35.9 Å². The predicted molar refractivity (Wildman–Crippen MR) is 108 cm³/mol. The van der Waals surface area contributed by atoms with Crippen LogP contribution in [-0.4, -0.2) is 10.7 Å². The number of benzene rings is 3. The highest BCUT2D eigenvalue weighted by Gasteiger charge is 2.40. The van der Waals surface area contributed by atoms with Crippen LogP contribution in [0.5, 0.6) is 5.75 Å². The zero-order valence-corrected chi connectivity index (χ0v) is 15.9. The van der Waals surface area contributed by atoms with E-state index in [0.29, 0.717) is 5.02 Å². The Labute approximate surface area is 167 Å². The zero-order valence-electron chi connectivity index (χ0n) is 14.3. The third kappa shape index (κ3) is 2.97. The molecule has 0 spiro atoms. The lowest BCUT2D eigenvalue weighted by molar-refractivity contribution is -0.0190. The summed E-state index contributed by atoms with van der Waals surface area (Å²) in [4.78, 5) is 0. The lowest BCUT2D eigenvalue weighted by atomic mass is 9.96. The van der Waals surface area contributed by atoms with Gasteiger partial charge in [0.1, 0.15) is 5.75 Å². The first kappa shape index (κ1) is 16.7. The van der Waals surface area contributed by atoms with Crippen molar-refractivity contribution in [3.8, 4) is 5.75 Å². The van der Waals surface area contributed by atoms with Crippen molar-refractivity contribution < 1.29 is 4.74 Å². The van der Waals surface area contributed by atoms with Crippen LogP contribution in [0.4, 0.5) is 0 Å². The normalized spacial score (nSPS) is 20.5. The monoisotopic (exact) mass is 394 g/mol. The molecule has 0 aromatic heterocycles. The Morgan fingerprint density at radius 1 is 0.852 bits per heavy atom. The molecule has 0 saturated heterocycles. The molecular weight excluding hydrogens is 379 g/mol. The van der Waals surface area contributed by atoms with Crippen LogP contribution in [0, 0.1) is 0 Å².